The second-order valence-corrected chi connectivity index (χ2v) is 5.68. The van der Waals surface area contributed by atoms with E-state index in [-0.39, 0.29) is 5.92 Å². The van der Waals surface area contributed by atoms with E-state index in [1.165, 1.54) is 0 Å². The lowest BCUT2D eigenvalue weighted by molar-refractivity contribution is -0.142. The van der Waals surface area contributed by atoms with E-state index in [9.17, 15) is 4.79 Å². The maximum absolute atomic E-state index is 10.9. The van der Waals surface area contributed by atoms with Crippen molar-refractivity contribution in [2.24, 2.45) is 5.92 Å². The van der Waals surface area contributed by atoms with Crippen molar-refractivity contribution >= 4 is 46.3 Å². The molecule has 1 N–H and O–H groups in total. The monoisotopic (exact) mass is 314 g/mol. The molecule has 0 spiro atoms. The van der Waals surface area contributed by atoms with Gasteiger partial charge in [-0.05, 0) is 25.0 Å². The summed E-state index contributed by atoms with van der Waals surface area (Å²) in [5.41, 5.74) is 1.12. The first-order valence-corrected chi connectivity index (χ1v) is 7.03. The number of halogens is 2. The van der Waals surface area contributed by atoms with Gasteiger partial charge in [-0.25, -0.2) is 0 Å². The van der Waals surface area contributed by atoms with Crippen LogP contribution >= 0.6 is 23.2 Å². The Bertz CT molecular complexity index is 663. The van der Waals surface area contributed by atoms with E-state index in [4.69, 9.17) is 32.7 Å². The second kappa shape index (κ2) is 5.14. The van der Waals surface area contributed by atoms with Crippen molar-refractivity contribution in [3.05, 3.63) is 22.2 Å². The van der Waals surface area contributed by atoms with Gasteiger partial charge in [-0.1, -0.05) is 23.2 Å². The lowest BCUT2D eigenvalue weighted by Crippen LogP contribution is -2.36. The summed E-state index contributed by atoms with van der Waals surface area (Å²) in [6.45, 7) is 1.21. The molecule has 0 amide bonds. The SMILES string of the molecule is O=C(O)C1CCN(c2nc3cc(Cl)cc(Cl)c3o2)CC1. The average Bonchev–Trinajstić information content (AvgIpc) is 2.83. The summed E-state index contributed by atoms with van der Waals surface area (Å²) in [5, 5.41) is 9.92. The molecular formula is C13H12Cl2N2O3. The number of carboxylic acid groups (broad SMARTS) is 1. The number of rotatable bonds is 2. The Morgan fingerprint density at radius 2 is 2.05 bits per heavy atom. The highest BCUT2D eigenvalue weighted by atomic mass is 35.5. The highest BCUT2D eigenvalue weighted by Crippen LogP contribution is 2.32. The van der Waals surface area contributed by atoms with Crippen LogP contribution in [0.2, 0.25) is 10.0 Å². The minimum atomic E-state index is -0.739. The maximum atomic E-state index is 10.9. The molecule has 2 aromatic rings. The van der Waals surface area contributed by atoms with Gasteiger partial charge >= 0.3 is 5.97 Å². The third-order valence-electron chi connectivity index (χ3n) is 3.51. The maximum Gasteiger partial charge on any atom is 0.306 e. The molecule has 2 heterocycles. The van der Waals surface area contributed by atoms with E-state index in [0.29, 0.717) is 53.1 Å². The molecule has 1 aliphatic rings. The standard InChI is InChI=1S/C13H12Cl2N2O3/c14-8-5-9(15)11-10(6-8)16-13(20-11)17-3-1-7(2-4-17)12(18)19/h5-7H,1-4H2,(H,18,19). The average molecular weight is 315 g/mol. The summed E-state index contributed by atoms with van der Waals surface area (Å²) in [7, 11) is 0. The molecule has 3 rings (SSSR count). The van der Waals surface area contributed by atoms with Crippen LogP contribution in [0.3, 0.4) is 0 Å². The Morgan fingerprint density at radius 3 is 2.70 bits per heavy atom. The predicted molar refractivity (Wildman–Crippen MR) is 76.6 cm³/mol. The summed E-state index contributed by atoms with van der Waals surface area (Å²) >= 11 is 12.0. The van der Waals surface area contributed by atoms with E-state index in [2.05, 4.69) is 4.98 Å². The van der Waals surface area contributed by atoms with Crippen LogP contribution in [-0.2, 0) is 4.79 Å². The van der Waals surface area contributed by atoms with Gasteiger partial charge in [-0.2, -0.15) is 4.98 Å². The Balaban J connectivity index is 1.85. The first-order valence-electron chi connectivity index (χ1n) is 6.28. The Labute approximate surface area is 125 Å². The molecule has 1 aromatic carbocycles. The fourth-order valence-corrected chi connectivity index (χ4v) is 2.92. The number of aromatic nitrogens is 1. The van der Waals surface area contributed by atoms with Gasteiger partial charge in [0.15, 0.2) is 5.58 Å². The lowest BCUT2D eigenvalue weighted by atomic mass is 9.97. The van der Waals surface area contributed by atoms with Gasteiger partial charge in [0.2, 0.25) is 0 Å². The number of carbonyl (C=O) groups is 1. The zero-order valence-corrected chi connectivity index (χ0v) is 12.0. The van der Waals surface area contributed by atoms with Gasteiger partial charge < -0.3 is 14.4 Å². The minimum absolute atomic E-state index is 0.284. The molecule has 1 aromatic heterocycles. The number of piperidine rings is 1. The number of carboxylic acids is 1. The van der Waals surface area contributed by atoms with Crippen molar-refractivity contribution in [1.29, 1.82) is 0 Å². The Kier molecular flexibility index (Phi) is 3.48. The molecule has 0 atom stereocenters. The van der Waals surface area contributed by atoms with Crippen molar-refractivity contribution in [3.63, 3.8) is 0 Å². The van der Waals surface area contributed by atoms with Gasteiger partial charge in [0, 0.05) is 18.1 Å². The van der Waals surface area contributed by atoms with Crippen LogP contribution in [0, 0.1) is 5.92 Å². The first-order chi connectivity index (χ1) is 9.54. The van der Waals surface area contributed by atoms with Gasteiger partial charge in [-0.3, -0.25) is 4.79 Å². The molecule has 1 saturated heterocycles. The topological polar surface area (TPSA) is 66.6 Å². The molecular weight excluding hydrogens is 303 g/mol. The molecule has 0 radical (unpaired) electrons. The van der Waals surface area contributed by atoms with Crippen molar-refractivity contribution in [2.75, 3.05) is 18.0 Å². The normalized spacial score (nSPS) is 16.8. The molecule has 0 bridgehead atoms. The number of hydrogen-bond acceptors (Lipinski definition) is 4. The van der Waals surface area contributed by atoms with Gasteiger partial charge in [0.05, 0.1) is 10.9 Å². The smallest absolute Gasteiger partial charge is 0.306 e. The van der Waals surface area contributed by atoms with Crippen LogP contribution in [0.1, 0.15) is 12.8 Å². The van der Waals surface area contributed by atoms with E-state index >= 15 is 0 Å². The highest BCUT2D eigenvalue weighted by Gasteiger charge is 2.27. The summed E-state index contributed by atoms with van der Waals surface area (Å²) in [6, 6.07) is 3.77. The van der Waals surface area contributed by atoms with E-state index in [1.54, 1.807) is 12.1 Å². The van der Waals surface area contributed by atoms with Crippen LogP contribution in [0.4, 0.5) is 6.01 Å². The lowest BCUT2D eigenvalue weighted by Gasteiger charge is -2.28. The molecule has 106 valence electrons. The number of hydrogen-bond donors (Lipinski definition) is 1. The number of anilines is 1. The van der Waals surface area contributed by atoms with Crippen molar-refractivity contribution in [3.8, 4) is 0 Å². The molecule has 0 unspecified atom stereocenters. The number of aliphatic carboxylic acids is 1. The van der Waals surface area contributed by atoms with E-state index in [0.717, 1.165) is 0 Å². The third kappa shape index (κ3) is 2.43. The van der Waals surface area contributed by atoms with Gasteiger partial charge in [0.1, 0.15) is 5.52 Å². The Hall–Kier alpha value is -1.46. The van der Waals surface area contributed by atoms with Crippen LogP contribution in [-0.4, -0.2) is 29.1 Å². The molecule has 0 aliphatic carbocycles. The molecule has 1 aliphatic heterocycles. The predicted octanol–water partition coefficient (Wildman–Crippen LogP) is 3.44. The van der Waals surface area contributed by atoms with Crippen LogP contribution in [0.5, 0.6) is 0 Å². The van der Waals surface area contributed by atoms with Crippen LogP contribution in [0.15, 0.2) is 16.5 Å². The summed E-state index contributed by atoms with van der Waals surface area (Å²) < 4.78 is 5.67. The van der Waals surface area contributed by atoms with Crippen molar-refractivity contribution < 1.29 is 14.3 Å². The summed E-state index contributed by atoms with van der Waals surface area (Å²) in [4.78, 5) is 17.2. The number of fused-ring (bicyclic) bond motifs is 1. The zero-order chi connectivity index (χ0) is 14.3. The van der Waals surface area contributed by atoms with E-state index < -0.39 is 5.97 Å². The van der Waals surface area contributed by atoms with Crippen LogP contribution in [0.25, 0.3) is 11.1 Å². The molecule has 5 nitrogen and oxygen atoms in total. The minimum Gasteiger partial charge on any atom is -0.481 e. The zero-order valence-electron chi connectivity index (χ0n) is 10.5. The molecule has 20 heavy (non-hydrogen) atoms. The van der Waals surface area contributed by atoms with Gasteiger partial charge in [0.25, 0.3) is 6.01 Å². The fraction of sp³-hybridized carbons (Fsp3) is 0.385. The fourth-order valence-electron chi connectivity index (χ4n) is 2.40. The van der Waals surface area contributed by atoms with Crippen molar-refractivity contribution in [1.82, 2.24) is 4.98 Å². The summed E-state index contributed by atoms with van der Waals surface area (Å²) in [5.74, 6) is -1.02. The molecule has 0 saturated carbocycles. The molecule has 1 fully saturated rings. The number of benzene rings is 1. The molecule has 7 heteroatoms. The summed E-state index contributed by atoms with van der Waals surface area (Å²) in [6.07, 6.45) is 1.17. The number of oxazole rings is 1. The van der Waals surface area contributed by atoms with Crippen molar-refractivity contribution in [2.45, 2.75) is 12.8 Å². The number of nitrogens with zero attached hydrogens (tertiary/aromatic N) is 2. The van der Waals surface area contributed by atoms with Crippen LogP contribution < -0.4 is 4.90 Å². The largest absolute Gasteiger partial charge is 0.481 e. The Morgan fingerprint density at radius 1 is 1.35 bits per heavy atom. The quantitative estimate of drug-likeness (QED) is 0.919. The second-order valence-electron chi connectivity index (χ2n) is 4.83. The first kappa shape index (κ1) is 13.5. The highest BCUT2D eigenvalue weighted by molar-refractivity contribution is 6.38. The third-order valence-corrected chi connectivity index (χ3v) is 4.01. The van der Waals surface area contributed by atoms with Gasteiger partial charge in [-0.15, -0.1) is 0 Å². The van der Waals surface area contributed by atoms with E-state index in [1.807, 2.05) is 4.90 Å².